The van der Waals surface area contributed by atoms with Gasteiger partial charge < -0.3 is 9.55 Å². The van der Waals surface area contributed by atoms with E-state index in [-0.39, 0.29) is 0 Å². The van der Waals surface area contributed by atoms with Gasteiger partial charge in [0.15, 0.2) is 7.28 Å². The number of H-pyrrole nitrogens is 1. The third-order valence-electron chi connectivity index (χ3n) is 9.59. The summed E-state index contributed by atoms with van der Waals surface area (Å²) in [6.07, 6.45) is 0. The van der Waals surface area contributed by atoms with E-state index in [0.717, 1.165) is 0 Å². The average Bonchev–Trinajstić information content (AvgIpc) is 3.83. The molecule has 10 aromatic rings. The van der Waals surface area contributed by atoms with Crippen molar-refractivity contribution in [2.45, 2.75) is 0 Å². The van der Waals surface area contributed by atoms with Crippen LogP contribution < -0.4 is 10.9 Å². The Morgan fingerprint density at radius 3 is 2.18 bits per heavy atom. The summed E-state index contributed by atoms with van der Waals surface area (Å²) in [6, 6.07) is 46.8. The fraction of sp³-hybridized carbons (Fsp3) is 0. The predicted molar refractivity (Wildman–Crippen MR) is 197 cm³/mol. The Morgan fingerprint density at radius 2 is 1.29 bits per heavy atom. The van der Waals surface area contributed by atoms with Crippen molar-refractivity contribution in [1.29, 1.82) is 0 Å². The van der Waals surface area contributed by atoms with E-state index in [4.69, 9.17) is 0 Å². The number of para-hydroxylation sites is 2. The first-order valence-corrected chi connectivity index (χ1v) is 16.9. The third-order valence-corrected chi connectivity index (χ3v) is 12.0. The fourth-order valence-corrected chi connectivity index (χ4v) is 10.1. The highest BCUT2D eigenvalue weighted by atomic mass is 32.1. The fourth-order valence-electron chi connectivity index (χ4n) is 7.65. The summed E-state index contributed by atoms with van der Waals surface area (Å²) in [4.78, 5) is 5.22. The maximum Gasteiger partial charge on any atom is 0.197 e. The second-order valence-electron chi connectivity index (χ2n) is 12.0. The third kappa shape index (κ3) is 3.19. The first kappa shape index (κ1) is 24.3. The van der Waals surface area contributed by atoms with Crippen LogP contribution in [0, 0.1) is 0 Å². The van der Waals surface area contributed by atoms with Gasteiger partial charge in [0.25, 0.3) is 0 Å². The molecule has 4 aromatic heterocycles. The molecule has 45 heavy (non-hydrogen) atoms. The summed E-state index contributed by atoms with van der Waals surface area (Å²) in [5.41, 5.74) is 12.5. The van der Waals surface area contributed by atoms with Crippen LogP contribution in [0.1, 0.15) is 0 Å². The number of rotatable bonds is 2. The summed E-state index contributed by atoms with van der Waals surface area (Å²) in [7, 11) is 2.42. The topological polar surface area (TPSA) is 20.7 Å². The lowest BCUT2D eigenvalue weighted by molar-refractivity contribution is 1.21. The van der Waals surface area contributed by atoms with Crippen LogP contribution in [0.3, 0.4) is 0 Å². The lowest BCUT2D eigenvalue weighted by Crippen LogP contribution is -2.37. The zero-order chi connectivity index (χ0) is 29.2. The zero-order valence-electron chi connectivity index (χ0n) is 24.0. The number of fused-ring (bicyclic) bond motifs is 12. The van der Waals surface area contributed by atoms with E-state index in [1.165, 1.54) is 101 Å². The molecule has 0 bridgehead atoms. The molecule has 1 aliphatic rings. The molecule has 0 aliphatic carbocycles. The summed E-state index contributed by atoms with van der Waals surface area (Å²) in [5, 5.41) is 6.60. The molecule has 0 unspecified atom stereocenters. The molecule has 6 aromatic carbocycles. The van der Waals surface area contributed by atoms with Crippen LogP contribution in [0.25, 0.3) is 90.4 Å². The number of benzene rings is 6. The number of aromatic amines is 1. The summed E-state index contributed by atoms with van der Waals surface area (Å²) in [6.45, 7) is 0. The van der Waals surface area contributed by atoms with E-state index in [2.05, 4.69) is 144 Å². The number of aromatic nitrogens is 2. The molecule has 207 valence electrons. The Bertz CT molecular complexity index is 2850. The van der Waals surface area contributed by atoms with Crippen molar-refractivity contribution in [2.75, 3.05) is 0 Å². The maximum atomic E-state index is 3.91. The molecule has 0 saturated carbocycles. The number of thiophene rings is 2. The van der Waals surface area contributed by atoms with E-state index in [1.54, 1.807) is 0 Å². The van der Waals surface area contributed by atoms with Gasteiger partial charge in [-0.1, -0.05) is 109 Å². The summed E-state index contributed by atoms with van der Waals surface area (Å²) >= 11 is 3.78. The normalized spacial score (nSPS) is 12.6. The van der Waals surface area contributed by atoms with E-state index in [0.29, 0.717) is 0 Å². The van der Waals surface area contributed by atoms with Gasteiger partial charge in [0.05, 0.1) is 15.7 Å². The van der Waals surface area contributed by atoms with Crippen molar-refractivity contribution < 1.29 is 0 Å². The minimum absolute atomic E-state index is 1.20. The monoisotopic (exact) mass is 605 g/mol. The van der Waals surface area contributed by atoms with Gasteiger partial charge in [0.2, 0.25) is 0 Å². The Hall–Kier alpha value is -5.10. The molecular formula is C40H22BN2S2. The number of hydrogen-bond acceptors (Lipinski definition) is 2. The molecular weight excluding hydrogens is 583 g/mol. The van der Waals surface area contributed by atoms with Crippen molar-refractivity contribution >= 4 is 103 Å². The molecule has 0 spiro atoms. The molecule has 0 fully saturated rings. The highest BCUT2D eigenvalue weighted by Gasteiger charge is 2.28. The van der Waals surface area contributed by atoms with Crippen LogP contribution in [0.4, 0.5) is 0 Å². The first-order chi connectivity index (χ1) is 22.3. The van der Waals surface area contributed by atoms with Gasteiger partial charge in [-0.15, -0.1) is 22.7 Å². The molecule has 11 rings (SSSR count). The van der Waals surface area contributed by atoms with Crippen molar-refractivity contribution in [3.8, 4) is 27.9 Å². The lowest BCUT2D eigenvalue weighted by Gasteiger charge is -2.24. The highest BCUT2D eigenvalue weighted by molar-refractivity contribution is 7.27. The van der Waals surface area contributed by atoms with Gasteiger partial charge in [-0.3, -0.25) is 0 Å². The van der Waals surface area contributed by atoms with Gasteiger partial charge in [-0.05, 0) is 46.4 Å². The quantitative estimate of drug-likeness (QED) is 0.189. The van der Waals surface area contributed by atoms with E-state index < -0.39 is 0 Å². The molecule has 0 amide bonds. The van der Waals surface area contributed by atoms with Gasteiger partial charge in [0, 0.05) is 53.1 Å². The second kappa shape index (κ2) is 8.75. The SMILES string of the molecule is [B]1c2c(-c3cccc4c3[nH]c3c5ccccc5sc43)cc(-c3ccccc3)cc2-n2c3sc4ccccc4c3c3cccc1c32. The van der Waals surface area contributed by atoms with Crippen molar-refractivity contribution in [2.24, 2.45) is 0 Å². The molecule has 1 radical (unpaired) electrons. The van der Waals surface area contributed by atoms with Crippen LogP contribution in [0.15, 0.2) is 127 Å². The molecule has 5 heteroatoms. The molecule has 0 atom stereocenters. The maximum absolute atomic E-state index is 3.91. The van der Waals surface area contributed by atoms with Crippen LogP contribution in [0.5, 0.6) is 0 Å². The van der Waals surface area contributed by atoms with E-state index in [1.807, 2.05) is 22.7 Å². The average molecular weight is 606 g/mol. The minimum atomic E-state index is 1.20. The van der Waals surface area contributed by atoms with Gasteiger partial charge in [-0.25, -0.2) is 0 Å². The molecule has 1 aliphatic heterocycles. The Kier molecular flexibility index (Phi) is 4.72. The standard InChI is InChI=1S/C40H22BN2S2/c1-2-10-22(11-3-1)23-20-29(24-14-8-16-28-36(24)42-37-26-13-5-7-19-33(26)44-39(28)37)35-31(21-23)43-38-27(15-9-17-30(38)41-35)34-25-12-4-6-18-32(25)45-40(34)43/h1-21,42H. The van der Waals surface area contributed by atoms with Crippen LogP contribution in [0.2, 0.25) is 0 Å². The van der Waals surface area contributed by atoms with Crippen LogP contribution in [-0.2, 0) is 0 Å². The Labute approximate surface area is 267 Å². The number of nitrogens with zero attached hydrogens (tertiary/aromatic N) is 1. The van der Waals surface area contributed by atoms with Crippen LogP contribution in [-0.4, -0.2) is 16.8 Å². The summed E-state index contributed by atoms with van der Waals surface area (Å²) in [5.74, 6) is 0. The number of hydrogen-bond donors (Lipinski definition) is 1. The first-order valence-electron chi connectivity index (χ1n) is 15.3. The molecule has 1 N–H and O–H groups in total. The largest absolute Gasteiger partial charge is 0.353 e. The zero-order valence-corrected chi connectivity index (χ0v) is 25.6. The highest BCUT2D eigenvalue weighted by Crippen LogP contribution is 2.45. The van der Waals surface area contributed by atoms with E-state index in [9.17, 15) is 0 Å². The Balaban J connectivity index is 1.28. The van der Waals surface area contributed by atoms with Crippen LogP contribution >= 0.6 is 22.7 Å². The predicted octanol–water partition coefficient (Wildman–Crippen LogP) is 10.1. The molecule has 5 heterocycles. The lowest BCUT2D eigenvalue weighted by atomic mass is 9.59. The minimum Gasteiger partial charge on any atom is -0.353 e. The smallest absolute Gasteiger partial charge is 0.197 e. The van der Waals surface area contributed by atoms with Gasteiger partial charge >= 0.3 is 0 Å². The van der Waals surface area contributed by atoms with Gasteiger partial charge in [-0.2, -0.15) is 0 Å². The van der Waals surface area contributed by atoms with Crippen molar-refractivity contribution in [3.63, 3.8) is 0 Å². The summed E-state index contributed by atoms with van der Waals surface area (Å²) < 4.78 is 6.53. The number of nitrogens with one attached hydrogen (secondary N) is 1. The molecule has 0 saturated heterocycles. The van der Waals surface area contributed by atoms with Gasteiger partial charge in [0.1, 0.15) is 4.83 Å². The van der Waals surface area contributed by atoms with Crippen molar-refractivity contribution in [3.05, 3.63) is 127 Å². The molecule has 2 nitrogen and oxygen atoms in total. The Morgan fingerprint density at radius 1 is 0.556 bits per heavy atom. The van der Waals surface area contributed by atoms with Crippen molar-refractivity contribution in [1.82, 2.24) is 9.55 Å². The second-order valence-corrected chi connectivity index (χ2v) is 14.1. The van der Waals surface area contributed by atoms with E-state index >= 15 is 0 Å².